The second kappa shape index (κ2) is 7.51. The SMILES string of the molecule is Cc1ccc2c(-c3[nH]c4c(Cl)c(Cl)ccc4c3CCCCN)cccc2n1. The van der Waals surface area contributed by atoms with E-state index in [0.717, 1.165) is 58.0 Å². The number of aryl methyl sites for hydroxylation is 2. The predicted molar refractivity (Wildman–Crippen MR) is 116 cm³/mol. The predicted octanol–water partition coefficient (Wildman–Crippen LogP) is 6.28. The molecule has 0 amide bonds. The van der Waals surface area contributed by atoms with E-state index in [-0.39, 0.29) is 0 Å². The average molecular weight is 398 g/mol. The number of H-pyrrole nitrogens is 1. The zero-order valence-electron chi connectivity index (χ0n) is 15.2. The molecule has 0 saturated heterocycles. The Labute approximate surface area is 168 Å². The van der Waals surface area contributed by atoms with E-state index in [9.17, 15) is 0 Å². The molecule has 4 rings (SSSR count). The lowest BCUT2D eigenvalue weighted by Gasteiger charge is -2.09. The zero-order chi connectivity index (χ0) is 19.0. The molecule has 0 spiro atoms. The third kappa shape index (κ3) is 3.31. The first-order chi connectivity index (χ1) is 13.1. The van der Waals surface area contributed by atoms with Gasteiger partial charge in [0.1, 0.15) is 0 Å². The molecule has 2 aromatic carbocycles. The van der Waals surface area contributed by atoms with Crippen molar-refractivity contribution < 1.29 is 0 Å². The maximum atomic E-state index is 6.50. The molecule has 5 heteroatoms. The highest BCUT2D eigenvalue weighted by Gasteiger charge is 2.18. The number of aromatic amines is 1. The van der Waals surface area contributed by atoms with Crippen molar-refractivity contribution in [1.82, 2.24) is 9.97 Å². The fraction of sp³-hybridized carbons (Fsp3) is 0.227. The number of nitrogens with one attached hydrogen (secondary N) is 1. The maximum Gasteiger partial charge on any atom is 0.0833 e. The minimum Gasteiger partial charge on any atom is -0.353 e. The Morgan fingerprint density at radius 2 is 1.81 bits per heavy atom. The molecule has 4 aromatic rings. The van der Waals surface area contributed by atoms with Crippen LogP contribution in [0.15, 0.2) is 42.5 Å². The number of hydrogen-bond acceptors (Lipinski definition) is 2. The molecule has 2 aromatic heterocycles. The molecule has 0 bridgehead atoms. The highest BCUT2D eigenvalue weighted by Crippen LogP contribution is 2.39. The Balaban J connectivity index is 1.98. The molecule has 27 heavy (non-hydrogen) atoms. The van der Waals surface area contributed by atoms with Crippen LogP contribution in [0.4, 0.5) is 0 Å². The summed E-state index contributed by atoms with van der Waals surface area (Å²) in [6, 6.07) is 14.3. The average Bonchev–Trinajstić information content (AvgIpc) is 3.03. The van der Waals surface area contributed by atoms with Gasteiger partial charge in [0.2, 0.25) is 0 Å². The summed E-state index contributed by atoms with van der Waals surface area (Å²) in [4.78, 5) is 8.22. The van der Waals surface area contributed by atoms with Crippen LogP contribution in [0.25, 0.3) is 33.1 Å². The molecule has 0 fully saturated rings. The van der Waals surface area contributed by atoms with Gasteiger partial charge in [-0.2, -0.15) is 0 Å². The van der Waals surface area contributed by atoms with Crippen molar-refractivity contribution in [3.8, 4) is 11.3 Å². The van der Waals surface area contributed by atoms with Gasteiger partial charge >= 0.3 is 0 Å². The molecule has 0 aliphatic rings. The second-order valence-corrected chi connectivity index (χ2v) is 7.62. The number of hydrogen-bond donors (Lipinski definition) is 2. The molecule has 138 valence electrons. The number of unbranched alkanes of at least 4 members (excludes halogenated alkanes) is 1. The van der Waals surface area contributed by atoms with E-state index in [1.807, 2.05) is 31.2 Å². The van der Waals surface area contributed by atoms with Gasteiger partial charge in [-0.05, 0) is 56.5 Å². The summed E-state index contributed by atoms with van der Waals surface area (Å²) < 4.78 is 0. The molecular weight excluding hydrogens is 377 g/mol. The van der Waals surface area contributed by atoms with Crippen molar-refractivity contribution in [2.75, 3.05) is 6.54 Å². The van der Waals surface area contributed by atoms with Crippen molar-refractivity contribution in [3.63, 3.8) is 0 Å². The Kier molecular flexibility index (Phi) is 5.09. The summed E-state index contributed by atoms with van der Waals surface area (Å²) in [5, 5.41) is 3.36. The number of nitrogens with zero attached hydrogens (tertiary/aromatic N) is 1. The standard InChI is InChI=1S/C22H21Cl2N3/c1-13-8-9-14-15(6-4-7-19(14)26-13)21-16(5-2-3-12-25)17-10-11-18(23)20(24)22(17)27-21/h4,6-11,27H,2-3,5,12,25H2,1H3. The smallest absolute Gasteiger partial charge is 0.0833 e. The Morgan fingerprint density at radius 1 is 1.00 bits per heavy atom. The van der Waals surface area contributed by atoms with Gasteiger partial charge < -0.3 is 10.7 Å². The molecule has 0 aliphatic heterocycles. The number of rotatable bonds is 5. The summed E-state index contributed by atoms with van der Waals surface area (Å²) in [5.74, 6) is 0. The lowest BCUT2D eigenvalue weighted by molar-refractivity contribution is 0.748. The summed E-state index contributed by atoms with van der Waals surface area (Å²) in [5.41, 5.74) is 12.1. The van der Waals surface area contributed by atoms with Crippen LogP contribution in [-0.4, -0.2) is 16.5 Å². The molecule has 3 N–H and O–H groups in total. The largest absolute Gasteiger partial charge is 0.353 e. The first-order valence-corrected chi connectivity index (χ1v) is 9.91. The van der Waals surface area contributed by atoms with E-state index < -0.39 is 0 Å². The van der Waals surface area contributed by atoms with E-state index in [0.29, 0.717) is 16.6 Å². The first kappa shape index (κ1) is 18.3. The molecular formula is C22H21Cl2N3. The minimum atomic E-state index is 0.556. The van der Waals surface area contributed by atoms with Crippen LogP contribution < -0.4 is 5.73 Å². The van der Waals surface area contributed by atoms with Crippen LogP contribution in [0.3, 0.4) is 0 Å². The van der Waals surface area contributed by atoms with Crippen LogP contribution in [0.2, 0.25) is 10.0 Å². The monoisotopic (exact) mass is 397 g/mol. The maximum absolute atomic E-state index is 6.50. The topological polar surface area (TPSA) is 54.7 Å². The summed E-state index contributed by atoms with van der Waals surface area (Å²) >= 11 is 12.8. The molecule has 2 heterocycles. The van der Waals surface area contributed by atoms with Gasteiger partial charge in [0, 0.05) is 22.0 Å². The van der Waals surface area contributed by atoms with Gasteiger partial charge in [0.15, 0.2) is 0 Å². The number of halogens is 2. The summed E-state index contributed by atoms with van der Waals surface area (Å²) in [6.45, 7) is 2.71. The van der Waals surface area contributed by atoms with E-state index in [2.05, 4.69) is 28.2 Å². The van der Waals surface area contributed by atoms with Crippen LogP contribution >= 0.6 is 23.2 Å². The third-order valence-electron chi connectivity index (χ3n) is 4.99. The Bertz CT molecular complexity index is 1130. The highest BCUT2D eigenvalue weighted by atomic mass is 35.5. The highest BCUT2D eigenvalue weighted by molar-refractivity contribution is 6.45. The number of pyridine rings is 1. The van der Waals surface area contributed by atoms with E-state index in [1.54, 1.807) is 0 Å². The molecule has 0 aliphatic carbocycles. The van der Waals surface area contributed by atoms with Crippen molar-refractivity contribution >= 4 is 45.0 Å². The number of aromatic nitrogens is 2. The molecule has 0 radical (unpaired) electrons. The minimum absolute atomic E-state index is 0.556. The molecule has 0 saturated carbocycles. The lowest BCUT2D eigenvalue weighted by Crippen LogP contribution is -1.99. The first-order valence-electron chi connectivity index (χ1n) is 9.15. The zero-order valence-corrected chi connectivity index (χ0v) is 16.7. The van der Waals surface area contributed by atoms with Gasteiger partial charge in [-0.15, -0.1) is 0 Å². The van der Waals surface area contributed by atoms with Gasteiger partial charge in [-0.25, -0.2) is 0 Å². The quantitative estimate of drug-likeness (QED) is 0.389. The normalized spacial score (nSPS) is 11.6. The van der Waals surface area contributed by atoms with Gasteiger partial charge in [-0.3, -0.25) is 4.98 Å². The molecule has 0 unspecified atom stereocenters. The number of benzene rings is 2. The van der Waals surface area contributed by atoms with Crippen LogP contribution in [0.5, 0.6) is 0 Å². The molecule has 0 atom stereocenters. The van der Waals surface area contributed by atoms with E-state index >= 15 is 0 Å². The van der Waals surface area contributed by atoms with Crippen molar-refractivity contribution in [2.24, 2.45) is 5.73 Å². The van der Waals surface area contributed by atoms with Gasteiger partial charge in [0.25, 0.3) is 0 Å². The Hall–Kier alpha value is -2.07. The fourth-order valence-electron chi connectivity index (χ4n) is 3.67. The third-order valence-corrected chi connectivity index (χ3v) is 5.80. The summed E-state index contributed by atoms with van der Waals surface area (Å²) in [6.07, 6.45) is 2.95. The van der Waals surface area contributed by atoms with Crippen LogP contribution in [0.1, 0.15) is 24.1 Å². The van der Waals surface area contributed by atoms with Crippen molar-refractivity contribution in [3.05, 3.63) is 63.8 Å². The molecule has 3 nitrogen and oxygen atoms in total. The van der Waals surface area contributed by atoms with Gasteiger partial charge in [0.05, 0.1) is 26.8 Å². The Morgan fingerprint density at radius 3 is 2.63 bits per heavy atom. The van der Waals surface area contributed by atoms with E-state index in [4.69, 9.17) is 28.9 Å². The fourth-order valence-corrected chi connectivity index (χ4v) is 4.04. The summed E-state index contributed by atoms with van der Waals surface area (Å²) in [7, 11) is 0. The number of nitrogens with two attached hydrogens (primary N) is 1. The lowest BCUT2D eigenvalue weighted by atomic mass is 9.97. The van der Waals surface area contributed by atoms with Gasteiger partial charge in [-0.1, -0.05) is 47.5 Å². The van der Waals surface area contributed by atoms with Crippen molar-refractivity contribution in [1.29, 1.82) is 0 Å². The second-order valence-electron chi connectivity index (χ2n) is 6.83. The van der Waals surface area contributed by atoms with Crippen LogP contribution in [-0.2, 0) is 6.42 Å². The van der Waals surface area contributed by atoms with Crippen LogP contribution in [0, 0.1) is 6.92 Å². The van der Waals surface area contributed by atoms with E-state index in [1.165, 1.54) is 5.56 Å². The van der Waals surface area contributed by atoms with Crippen molar-refractivity contribution in [2.45, 2.75) is 26.2 Å². The number of fused-ring (bicyclic) bond motifs is 2.